The molecular formula is C16H26N6S. The fourth-order valence-electron chi connectivity index (χ4n) is 3.14. The summed E-state index contributed by atoms with van der Waals surface area (Å²) in [5.41, 5.74) is 7.92. The Bertz CT molecular complexity index is 649. The van der Waals surface area contributed by atoms with E-state index in [1.807, 2.05) is 10.7 Å². The van der Waals surface area contributed by atoms with E-state index in [-0.39, 0.29) is 0 Å². The lowest BCUT2D eigenvalue weighted by Crippen LogP contribution is -2.29. The van der Waals surface area contributed by atoms with Crippen LogP contribution in [-0.4, -0.2) is 37.9 Å². The molecule has 2 aromatic rings. The van der Waals surface area contributed by atoms with Crippen molar-refractivity contribution in [1.82, 2.24) is 24.9 Å². The first-order chi connectivity index (χ1) is 11.2. The average Bonchev–Trinajstić information content (AvgIpc) is 2.92. The average molecular weight is 334 g/mol. The predicted octanol–water partition coefficient (Wildman–Crippen LogP) is 2.53. The number of aromatic nitrogens is 4. The topological polar surface area (TPSA) is 81.1 Å². The van der Waals surface area contributed by atoms with Crippen LogP contribution in [-0.2, 0) is 6.42 Å². The number of imidazole rings is 1. The van der Waals surface area contributed by atoms with E-state index < -0.39 is 0 Å². The summed E-state index contributed by atoms with van der Waals surface area (Å²) >= 11 is 1.69. The second-order valence-electron chi connectivity index (χ2n) is 6.38. The largest absolute Gasteiger partial charge is 0.380 e. The standard InChI is InChI=1S/C16H26N6S/c1-3-4-11(2)23-16-20-14(17)15-19-10-13(22(15)21-16)9-12-5-7-18-8-6-12/h10-12,18H,3-9H2,1-2H3,(H2,17,20,21)/t11-/m0/s1. The summed E-state index contributed by atoms with van der Waals surface area (Å²) < 4.78 is 1.91. The lowest BCUT2D eigenvalue weighted by atomic mass is 9.93. The molecular weight excluding hydrogens is 308 g/mol. The lowest BCUT2D eigenvalue weighted by molar-refractivity contribution is 0.368. The van der Waals surface area contributed by atoms with Crippen LogP contribution in [0.5, 0.6) is 0 Å². The van der Waals surface area contributed by atoms with Crippen molar-refractivity contribution in [3.8, 4) is 0 Å². The molecule has 1 saturated heterocycles. The van der Waals surface area contributed by atoms with Crippen LogP contribution >= 0.6 is 11.8 Å². The summed E-state index contributed by atoms with van der Waals surface area (Å²) in [5.74, 6) is 1.17. The van der Waals surface area contributed by atoms with Gasteiger partial charge in [0.2, 0.25) is 5.16 Å². The van der Waals surface area contributed by atoms with E-state index in [1.54, 1.807) is 11.8 Å². The quantitative estimate of drug-likeness (QED) is 0.790. The third-order valence-corrected chi connectivity index (χ3v) is 5.42. The molecule has 1 aliphatic rings. The highest BCUT2D eigenvalue weighted by Gasteiger charge is 2.18. The molecule has 6 nitrogen and oxygen atoms in total. The van der Waals surface area contributed by atoms with Crippen molar-refractivity contribution in [2.45, 2.75) is 56.4 Å². The first-order valence-electron chi connectivity index (χ1n) is 8.55. The van der Waals surface area contributed by atoms with Gasteiger partial charge in [-0.05, 0) is 44.7 Å². The Morgan fingerprint density at radius 3 is 2.96 bits per heavy atom. The molecule has 23 heavy (non-hydrogen) atoms. The number of rotatable bonds is 6. The van der Waals surface area contributed by atoms with Crippen molar-refractivity contribution < 1.29 is 0 Å². The van der Waals surface area contributed by atoms with E-state index in [0.717, 1.165) is 43.2 Å². The van der Waals surface area contributed by atoms with Crippen LogP contribution < -0.4 is 11.1 Å². The molecule has 3 heterocycles. The van der Waals surface area contributed by atoms with Gasteiger partial charge in [-0.25, -0.2) is 14.5 Å². The molecule has 0 saturated carbocycles. The fourth-order valence-corrected chi connectivity index (χ4v) is 4.14. The monoisotopic (exact) mass is 334 g/mol. The third kappa shape index (κ3) is 3.95. The van der Waals surface area contributed by atoms with Crippen molar-refractivity contribution in [1.29, 1.82) is 0 Å². The van der Waals surface area contributed by atoms with Gasteiger partial charge in [-0.3, -0.25) is 0 Å². The van der Waals surface area contributed by atoms with Gasteiger partial charge in [0.1, 0.15) is 0 Å². The van der Waals surface area contributed by atoms with Gasteiger partial charge in [0, 0.05) is 5.25 Å². The normalized spacial score (nSPS) is 17.7. The molecule has 3 rings (SSSR count). The smallest absolute Gasteiger partial charge is 0.209 e. The maximum atomic E-state index is 6.10. The molecule has 126 valence electrons. The number of fused-ring (bicyclic) bond motifs is 1. The molecule has 0 radical (unpaired) electrons. The number of nitrogens with two attached hydrogens (primary N) is 1. The highest BCUT2D eigenvalue weighted by Crippen LogP contribution is 2.25. The summed E-state index contributed by atoms with van der Waals surface area (Å²) in [5, 5.41) is 9.35. The zero-order chi connectivity index (χ0) is 16.2. The lowest BCUT2D eigenvalue weighted by Gasteiger charge is -2.22. The number of nitrogens with one attached hydrogen (secondary N) is 1. The van der Waals surface area contributed by atoms with Crippen LogP contribution in [0, 0.1) is 5.92 Å². The van der Waals surface area contributed by atoms with E-state index in [0.29, 0.717) is 22.6 Å². The summed E-state index contributed by atoms with van der Waals surface area (Å²) in [4.78, 5) is 8.85. The molecule has 3 N–H and O–H groups in total. The summed E-state index contributed by atoms with van der Waals surface area (Å²) in [7, 11) is 0. The van der Waals surface area contributed by atoms with Gasteiger partial charge in [-0.2, -0.15) is 0 Å². The predicted molar refractivity (Wildman–Crippen MR) is 94.7 cm³/mol. The molecule has 7 heteroatoms. The summed E-state index contributed by atoms with van der Waals surface area (Å²) in [6.45, 7) is 6.62. The third-order valence-electron chi connectivity index (χ3n) is 4.40. The zero-order valence-corrected chi connectivity index (χ0v) is 14.8. The Morgan fingerprint density at radius 1 is 1.43 bits per heavy atom. The van der Waals surface area contributed by atoms with Gasteiger partial charge < -0.3 is 11.1 Å². The Morgan fingerprint density at radius 2 is 2.22 bits per heavy atom. The molecule has 1 aliphatic heterocycles. The van der Waals surface area contributed by atoms with Crippen LogP contribution in [0.1, 0.15) is 45.2 Å². The van der Waals surface area contributed by atoms with E-state index in [9.17, 15) is 0 Å². The van der Waals surface area contributed by atoms with Crippen LogP contribution in [0.4, 0.5) is 5.82 Å². The van der Waals surface area contributed by atoms with Gasteiger partial charge in [-0.1, -0.05) is 32.0 Å². The first kappa shape index (κ1) is 16.5. The molecule has 0 bridgehead atoms. The van der Waals surface area contributed by atoms with E-state index in [2.05, 4.69) is 29.1 Å². The second-order valence-corrected chi connectivity index (χ2v) is 7.78. The van der Waals surface area contributed by atoms with Crippen molar-refractivity contribution >= 4 is 23.2 Å². The van der Waals surface area contributed by atoms with Gasteiger partial charge in [0.25, 0.3) is 0 Å². The van der Waals surface area contributed by atoms with Crippen molar-refractivity contribution in [3.05, 3.63) is 11.9 Å². The SMILES string of the molecule is CCC[C@H](C)Sc1nc(N)c2ncc(CC3CCNCC3)n2n1. The fraction of sp³-hybridized carbons (Fsp3) is 0.688. The number of hydrogen-bond acceptors (Lipinski definition) is 6. The molecule has 0 amide bonds. The maximum absolute atomic E-state index is 6.10. The van der Waals surface area contributed by atoms with Crippen molar-refractivity contribution in [2.75, 3.05) is 18.8 Å². The molecule has 2 aromatic heterocycles. The molecule has 1 fully saturated rings. The van der Waals surface area contributed by atoms with Crippen LogP contribution in [0.2, 0.25) is 0 Å². The van der Waals surface area contributed by atoms with Crippen LogP contribution in [0.25, 0.3) is 5.65 Å². The summed E-state index contributed by atoms with van der Waals surface area (Å²) in [6, 6.07) is 0. The van der Waals surface area contributed by atoms with E-state index in [4.69, 9.17) is 10.8 Å². The van der Waals surface area contributed by atoms with Gasteiger partial charge in [0.05, 0.1) is 11.9 Å². The number of nitrogens with zero attached hydrogens (tertiary/aromatic N) is 4. The number of piperidine rings is 1. The molecule has 1 atom stereocenters. The van der Waals surface area contributed by atoms with Crippen molar-refractivity contribution in [3.63, 3.8) is 0 Å². The van der Waals surface area contributed by atoms with Gasteiger partial charge in [-0.15, -0.1) is 5.10 Å². The Hall–Kier alpha value is -1.34. The van der Waals surface area contributed by atoms with Gasteiger partial charge in [0.15, 0.2) is 11.5 Å². The minimum absolute atomic E-state index is 0.475. The Balaban J connectivity index is 1.83. The number of thioether (sulfide) groups is 1. The zero-order valence-electron chi connectivity index (χ0n) is 14.0. The molecule has 0 unspecified atom stereocenters. The van der Waals surface area contributed by atoms with Crippen molar-refractivity contribution in [2.24, 2.45) is 5.92 Å². The second kappa shape index (κ2) is 7.49. The van der Waals surface area contributed by atoms with E-state index >= 15 is 0 Å². The minimum Gasteiger partial charge on any atom is -0.380 e. The summed E-state index contributed by atoms with van der Waals surface area (Å²) in [6.07, 6.45) is 7.65. The molecule has 0 aromatic carbocycles. The minimum atomic E-state index is 0.475. The van der Waals surface area contributed by atoms with E-state index in [1.165, 1.54) is 12.8 Å². The van der Waals surface area contributed by atoms with Gasteiger partial charge >= 0.3 is 0 Å². The number of nitrogen functional groups attached to an aromatic ring is 1. The maximum Gasteiger partial charge on any atom is 0.209 e. The van der Waals surface area contributed by atoms with Crippen LogP contribution in [0.15, 0.2) is 11.4 Å². The first-order valence-corrected chi connectivity index (χ1v) is 9.42. The van der Waals surface area contributed by atoms with Crippen LogP contribution in [0.3, 0.4) is 0 Å². The number of hydrogen-bond donors (Lipinski definition) is 2. The number of anilines is 1. The molecule has 0 aliphatic carbocycles. The highest BCUT2D eigenvalue weighted by atomic mass is 32.2. The Kier molecular flexibility index (Phi) is 5.38. The Labute approximate surface area is 141 Å². The molecule has 0 spiro atoms. The highest BCUT2D eigenvalue weighted by molar-refractivity contribution is 7.99.